The van der Waals surface area contributed by atoms with Crippen LogP contribution in [0.1, 0.15) is 25.7 Å². The Hall–Kier alpha value is -1.88. The quantitative estimate of drug-likeness (QED) is 0.927. The van der Waals surface area contributed by atoms with Crippen LogP contribution in [-0.2, 0) is 4.74 Å². The summed E-state index contributed by atoms with van der Waals surface area (Å²) < 4.78 is 10.7. The number of hydrogen-bond acceptors (Lipinski definition) is 5. The molecule has 2 unspecified atom stereocenters. The molecule has 0 radical (unpaired) electrons. The molecule has 0 saturated heterocycles. The Balaban J connectivity index is 1.68. The maximum atomic E-state index is 5.56. The van der Waals surface area contributed by atoms with E-state index in [2.05, 4.69) is 15.5 Å². The van der Waals surface area contributed by atoms with Gasteiger partial charge in [-0.05, 0) is 37.1 Å². The Morgan fingerprint density at radius 1 is 1.20 bits per heavy atom. The van der Waals surface area contributed by atoms with Crippen molar-refractivity contribution in [1.82, 2.24) is 10.2 Å². The zero-order chi connectivity index (χ0) is 13.8. The minimum Gasteiger partial charge on any atom is -0.423 e. The van der Waals surface area contributed by atoms with E-state index in [9.17, 15) is 0 Å². The van der Waals surface area contributed by atoms with Crippen molar-refractivity contribution in [3.63, 3.8) is 0 Å². The summed E-state index contributed by atoms with van der Waals surface area (Å²) in [6, 6.07) is 8.45. The van der Waals surface area contributed by atoms with Crippen LogP contribution in [0.2, 0.25) is 0 Å². The zero-order valence-corrected chi connectivity index (χ0v) is 11.6. The first-order chi connectivity index (χ1) is 9.86. The summed E-state index contributed by atoms with van der Waals surface area (Å²) in [6.07, 6.45) is 6.45. The average Bonchev–Trinajstić information content (AvgIpc) is 3.03. The van der Waals surface area contributed by atoms with Crippen LogP contribution < -0.4 is 5.32 Å². The fourth-order valence-corrected chi connectivity index (χ4v) is 2.77. The van der Waals surface area contributed by atoms with E-state index in [-0.39, 0.29) is 0 Å². The van der Waals surface area contributed by atoms with Gasteiger partial charge in [-0.3, -0.25) is 0 Å². The normalized spacial score (nSPS) is 22.6. The van der Waals surface area contributed by atoms with Crippen LogP contribution in [0, 0.1) is 0 Å². The van der Waals surface area contributed by atoms with Crippen molar-refractivity contribution in [2.24, 2.45) is 0 Å². The fourth-order valence-electron chi connectivity index (χ4n) is 2.77. The molecular weight excluding hydrogens is 254 g/mol. The predicted octanol–water partition coefficient (Wildman–Crippen LogP) is 3.11. The number of hydrogen-bond donors (Lipinski definition) is 1. The number of benzene rings is 1. The summed E-state index contributed by atoms with van der Waals surface area (Å²) in [4.78, 5) is 0. The van der Waals surface area contributed by atoms with E-state index in [1.165, 1.54) is 19.2 Å². The summed E-state index contributed by atoms with van der Waals surface area (Å²) >= 11 is 0. The molecular formula is C15H19N3O2. The van der Waals surface area contributed by atoms with Gasteiger partial charge >= 0.3 is 0 Å². The predicted molar refractivity (Wildman–Crippen MR) is 76.4 cm³/mol. The Kier molecular flexibility index (Phi) is 3.97. The summed E-state index contributed by atoms with van der Waals surface area (Å²) in [6.45, 7) is 0. The summed E-state index contributed by atoms with van der Waals surface area (Å²) in [7, 11) is 1.79. The molecule has 0 spiro atoms. The fraction of sp³-hybridized carbons (Fsp3) is 0.467. The molecule has 5 heteroatoms. The van der Waals surface area contributed by atoms with Gasteiger partial charge in [0.1, 0.15) is 0 Å². The monoisotopic (exact) mass is 273 g/mol. The summed E-state index contributed by atoms with van der Waals surface area (Å²) in [5.74, 6) is 0.545. The molecule has 1 heterocycles. The molecule has 0 bridgehead atoms. The largest absolute Gasteiger partial charge is 0.423 e. The smallest absolute Gasteiger partial charge is 0.247 e. The van der Waals surface area contributed by atoms with Crippen molar-refractivity contribution in [1.29, 1.82) is 0 Å². The van der Waals surface area contributed by atoms with Gasteiger partial charge in [-0.1, -0.05) is 12.8 Å². The second kappa shape index (κ2) is 6.05. The number of anilines is 1. The van der Waals surface area contributed by atoms with Gasteiger partial charge < -0.3 is 14.5 Å². The van der Waals surface area contributed by atoms with Gasteiger partial charge in [0.15, 0.2) is 0 Å². The number of aromatic nitrogens is 2. The number of nitrogens with one attached hydrogen (secondary N) is 1. The molecule has 1 N–H and O–H groups in total. The Morgan fingerprint density at radius 2 is 2.00 bits per heavy atom. The van der Waals surface area contributed by atoms with Gasteiger partial charge in [0.2, 0.25) is 12.3 Å². The van der Waals surface area contributed by atoms with Gasteiger partial charge in [0.05, 0.1) is 12.1 Å². The second-order valence-corrected chi connectivity index (χ2v) is 5.13. The topological polar surface area (TPSA) is 60.2 Å². The number of methoxy groups -OCH3 is 1. The van der Waals surface area contributed by atoms with Crippen LogP contribution in [0.15, 0.2) is 35.1 Å². The van der Waals surface area contributed by atoms with Gasteiger partial charge in [0.25, 0.3) is 0 Å². The van der Waals surface area contributed by atoms with Crippen LogP contribution in [0.25, 0.3) is 11.5 Å². The SMILES string of the molecule is COC1CCCCC1Nc1ccc(-c2nnco2)cc1. The lowest BCUT2D eigenvalue weighted by atomic mass is 9.92. The minimum absolute atomic E-state index is 0.305. The highest BCUT2D eigenvalue weighted by molar-refractivity contribution is 5.58. The lowest BCUT2D eigenvalue weighted by Crippen LogP contribution is -2.37. The van der Waals surface area contributed by atoms with Gasteiger partial charge in [0, 0.05) is 18.4 Å². The molecule has 1 saturated carbocycles. The first-order valence-electron chi connectivity index (χ1n) is 7.03. The summed E-state index contributed by atoms with van der Waals surface area (Å²) in [5, 5.41) is 11.1. The lowest BCUT2D eigenvalue weighted by molar-refractivity contribution is 0.0606. The standard InChI is InChI=1S/C15H19N3O2/c1-19-14-5-3-2-4-13(14)17-12-8-6-11(7-9-12)15-18-16-10-20-15/h6-10,13-14,17H,2-5H2,1H3. The van der Waals surface area contributed by atoms with E-state index in [0.29, 0.717) is 18.0 Å². The maximum absolute atomic E-state index is 5.56. The first-order valence-corrected chi connectivity index (χ1v) is 7.03. The van der Waals surface area contributed by atoms with Gasteiger partial charge in [-0.2, -0.15) is 0 Å². The van der Waals surface area contributed by atoms with Crippen molar-refractivity contribution in [2.75, 3.05) is 12.4 Å². The van der Waals surface area contributed by atoms with Crippen LogP contribution >= 0.6 is 0 Å². The second-order valence-electron chi connectivity index (χ2n) is 5.13. The van der Waals surface area contributed by atoms with Crippen LogP contribution in [-0.4, -0.2) is 29.5 Å². The molecule has 20 heavy (non-hydrogen) atoms. The third-order valence-electron chi connectivity index (χ3n) is 3.85. The molecule has 1 aliphatic rings. The third kappa shape index (κ3) is 2.82. The summed E-state index contributed by atoms with van der Waals surface area (Å²) in [5.41, 5.74) is 2.03. The van der Waals surface area contributed by atoms with Crippen molar-refractivity contribution in [3.05, 3.63) is 30.7 Å². The van der Waals surface area contributed by atoms with Crippen LogP contribution in [0.3, 0.4) is 0 Å². The van der Waals surface area contributed by atoms with E-state index >= 15 is 0 Å². The van der Waals surface area contributed by atoms with E-state index in [0.717, 1.165) is 24.1 Å². The molecule has 2 aromatic rings. The molecule has 106 valence electrons. The molecule has 3 rings (SSSR count). The highest BCUT2D eigenvalue weighted by atomic mass is 16.5. The van der Waals surface area contributed by atoms with E-state index in [1.54, 1.807) is 7.11 Å². The molecule has 0 aliphatic heterocycles. The van der Waals surface area contributed by atoms with E-state index in [1.807, 2.05) is 24.3 Å². The molecule has 1 aliphatic carbocycles. The Labute approximate surface area is 118 Å². The maximum Gasteiger partial charge on any atom is 0.247 e. The molecule has 1 fully saturated rings. The minimum atomic E-state index is 0.305. The first kappa shape index (κ1) is 13.1. The average molecular weight is 273 g/mol. The van der Waals surface area contributed by atoms with Crippen molar-refractivity contribution >= 4 is 5.69 Å². The highest BCUT2D eigenvalue weighted by Crippen LogP contribution is 2.25. The Morgan fingerprint density at radius 3 is 2.70 bits per heavy atom. The Bertz CT molecular complexity index is 525. The lowest BCUT2D eigenvalue weighted by Gasteiger charge is -2.31. The van der Waals surface area contributed by atoms with Crippen molar-refractivity contribution < 1.29 is 9.15 Å². The number of ether oxygens (including phenoxy) is 1. The van der Waals surface area contributed by atoms with Crippen LogP contribution in [0.4, 0.5) is 5.69 Å². The number of nitrogens with zero attached hydrogens (tertiary/aromatic N) is 2. The molecule has 1 aromatic carbocycles. The van der Waals surface area contributed by atoms with Crippen molar-refractivity contribution in [3.8, 4) is 11.5 Å². The zero-order valence-electron chi connectivity index (χ0n) is 11.6. The number of rotatable bonds is 4. The van der Waals surface area contributed by atoms with Crippen molar-refractivity contribution in [2.45, 2.75) is 37.8 Å². The molecule has 5 nitrogen and oxygen atoms in total. The van der Waals surface area contributed by atoms with E-state index in [4.69, 9.17) is 9.15 Å². The molecule has 2 atom stereocenters. The van der Waals surface area contributed by atoms with Gasteiger partial charge in [-0.15, -0.1) is 10.2 Å². The highest BCUT2D eigenvalue weighted by Gasteiger charge is 2.24. The third-order valence-corrected chi connectivity index (χ3v) is 3.85. The molecule has 0 amide bonds. The van der Waals surface area contributed by atoms with E-state index < -0.39 is 0 Å². The van der Waals surface area contributed by atoms with Crippen LogP contribution in [0.5, 0.6) is 0 Å². The van der Waals surface area contributed by atoms with Gasteiger partial charge in [-0.25, -0.2) is 0 Å². The molecule has 1 aromatic heterocycles.